The number of pyridine rings is 1. The lowest BCUT2D eigenvalue weighted by Crippen LogP contribution is -2.30. The van der Waals surface area contributed by atoms with Crippen LogP contribution in [0, 0.1) is 11.8 Å². The van der Waals surface area contributed by atoms with Crippen molar-refractivity contribution in [3.8, 4) is 0 Å². The molecule has 0 spiro atoms. The predicted octanol–water partition coefficient (Wildman–Crippen LogP) is 2.08. The minimum atomic E-state index is -3.46. The van der Waals surface area contributed by atoms with Crippen molar-refractivity contribution in [1.82, 2.24) is 9.71 Å². The Hall–Kier alpha value is -1.14. The molecule has 0 amide bonds. The Morgan fingerprint density at radius 3 is 2.42 bits per heavy atom. The van der Waals surface area contributed by atoms with Crippen LogP contribution < -0.4 is 10.0 Å². The molecule has 0 radical (unpaired) electrons. The number of rotatable bonds is 7. The van der Waals surface area contributed by atoms with Gasteiger partial charge in [0.1, 0.15) is 10.7 Å². The summed E-state index contributed by atoms with van der Waals surface area (Å²) in [6.45, 7) is 9.33. The Kier molecular flexibility index (Phi) is 5.75. The fourth-order valence-electron chi connectivity index (χ4n) is 1.39. The Labute approximate surface area is 115 Å². The number of anilines is 1. The maximum atomic E-state index is 12.1. The van der Waals surface area contributed by atoms with Gasteiger partial charge in [-0.25, -0.2) is 18.1 Å². The average Bonchev–Trinajstić information content (AvgIpc) is 2.37. The molecule has 6 heteroatoms. The van der Waals surface area contributed by atoms with E-state index in [0.29, 0.717) is 24.2 Å². The summed E-state index contributed by atoms with van der Waals surface area (Å²) in [5.74, 6) is 1.41. The van der Waals surface area contributed by atoms with Crippen LogP contribution in [0.25, 0.3) is 0 Å². The maximum Gasteiger partial charge on any atom is 0.242 e. The molecule has 0 aliphatic heterocycles. The van der Waals surface area contributed by atoms with E-state index in [0.717, 1.165) is 6.54 Å². The van der Waals surface area contributed by atoms with Gasteiger partial charge in [-0.3, -0.25) is 0 Å². The molecular formula is C13H23N3O2S. The monoisotopic (exact) mass is 285 g/mol. The van der Waals surface area contributed by atoms with E-state index in [4.69, 9.17) is 0 Å². The van der Waals surface area contributed by atoms with Crippen molar-refractivity contribution in [2.75, 3.05) is 18.4 Å². The molecule has 0 fully saturated rings. The van der Waals surface area contributed by atoms with E-state index in [1.807, 2.05) is 13.8 Å². The lowest BCUT2D eigenvalue weighted by molar-refractivity contribution is 0.414. The van der Waals surface area contributed by atoms with Gasteiger partial charge >= 0.3 is 0 Å². The van der Waals surface area contributed by atoms with Crippen molar-refractivity contribution in [2.45, 2.75) is 32.6 Å². The minimum absolute atomic E-state index is 0.199. The van der Waals surface area contributed by atoms with Crippen molar-refractivity contribution in [3.63, 3.8) is 0 Å². The summed E-state index contributed by atoms with van der Waals surface area (Å²) >= 11 is 0. The summed E-state index contributed by atoms with van der Waals surface area (Å²) in [7, 11) is -3.46. The Morgan fingerprint density at radius 2 is 1.95 bits per heavy atom. The van der Waals surface area contributed by atoms with Crippen LogP contribution in [0.4, 0.5) is 5.82 Å². The van der Waals surface area contributed by atoms with Crippen LogP contribution >= 0.6 is 0 Å². The first kappa shape index (κ1) is 15.9. The maximum absolute atomic E-state index is 12.1. The van der Waals surface area contributed by atoms with Gasteiger partial charge in [-0.1, -0.05) is 20.8 Å². The van der Waals surface area contributed by atoms with E-state index < -0.39 is 10.0 Å². The van der Waals surface area contributed by atoms with Crippen LogP contribution in [0.5, 0.6) is 0 Å². The highest BCUT2D eigenvalue weighted by atomic mass is 32.2. The molecule has 0 saturated carbocycles. The number of nitrogens with zero attached hydrogens (tertiary/aromatic N) is 1. The van der Waals surface area contributed by atoms with Crippen LogP contribution in [0.2, 0.25) is 0 Å². The quantitative estimate of drug-likeness (QED) is 0.804. The van der Waals surface area contributed by atoms with Gasteiger partial charge in [0.25, 0.3) is 0 Å². The molecule has 0 saturated heterocycles. The molecule has 2 N–H and O–H groups in total. The van der Waals surface area contributed by atoms with E-state index in [-0.39, 0.29) is 4.90 Å². The summed E-state index contributed by atoms with van der Waals surface area (Å²) in [6.07, 6.45) is 1.38. The van der Waals surface area contributed by atoms with Crippen molar-refractivity contribution < 1.29 is 8.42 Å². The molecule has 0 aliphatic carbocycles. The first-order chi connectivity index (χ1) is 8.86. The van der Waals surface area contributed by atoms with Gasteiger partial charge in [-0.15, -0.1) is 0 Å². The van der Waals surface area contributed by atoms with Crippen LogP contribution in [-0.4, -0.2) is 26.5 Å². The van der Waals surface area contributed by atoms with E-state index in [1.165, 1.54) is 6.20 Å². The molecule has 0 aliphatic rings. The number of nitrogens with one attached hydrogen (secondary N) is 2. The smallest absolute Gasteiger partial charge is 0.242 e. The fraction of sp³-hybridized carbons (Fsp3) is 0.615. The van der Waals surface area contributed by atoms with Crippen molar-refractivity contribution in [2.24, 2.45) is 11.8 Å². The second-order valence-electron chi connectivity index (χ2n) is 4.98. The summed E-state index contributed by atoms with van der Waals surface area (Å²) in [5, 5.41) is 3.02. The fourth-order valence-corrected chi connectivity index (χ4v) is 2.47. The molecule has 108 valence electrons. The second kappa shape index (κ2) is 6.86. The minimum Gasteiger partial charge on any atom is -0.370 e. The van der Waals surface area contributed by atoms with Gasteiger partial charge in [0, 0.05) is 19.3 Å². The molecule has 1 atom stereocenters. The van der Waals surface area contributed by atoms with Gasteiger partial charge in [0.2, 0.25) is 10.0 Å². The zero-order chi connectivity index (χ0) is 14.5. The topological polar surface area (TPSA) is 71.1 Å². The van der Waals surface area contributed by atoms with Crippen LogP contribution in [0.15, 0.2) is 23.2 Å². The lowest BCUT2D eigenvalue weighted by atomic mass is 9.99. The van der Waals surface area contributed by atoms with Gasteiger partial charge in [-0.05, 0) is 30.9 Å². The third kappa shape index (κ3) is 4.80. The largest absolute Gasteiger partial charge is 0.370 e. The Morgan fingerprint density at radius 1 is 1.26 bits per heavy atom. The van der Waals surface area contributed by atoms with E-state index in [1.54, 1.807) is 12.1 Å². The van der Waals surface area contributed by atoms with E-state index in [2.05, 4.69) is 28.9 Å². The Bertz CT molecular complexity index is 483. The highest BCUT2D eigenvalue weighted by Gasteiger charge is 2.16. The molecule has 1 unspecified atom stereocenters. The van der Waals surface area contributed by atoms with Gasteiger partial charge in [0.05, 0.1) is 0 Å². The molecule has 1 rings (SSSR count). The van der Waals surface area contributed by atoms with Crippen molar-refractivity contribution >= 4 is 15.8 Å². The summed E-state index contributed by atoms with van der Waals surface area (Å²) in [6, 6.07) is 3.23. The number of aromatic nitrogens is 1. The number of hydrogen-bond donors (Lipinski definition) is 2. The van der Waals surface area contributed by atoms with Crippen molar-refractivity contribution in [1.29, 1.82) is 0 Å². The summed E-state index contributed by atoms with van der Waals surface area (Å²) in [4.78, 5) is 4.27. The third-order valence-electron chi connectivity index (χ3n) is 3.14. The van der Waals surface area contributed by atoms with Crippen molar-refractivity contribution in [3.05, 3.63) is 18.3 Å². The molecule has 1 aromatic rings. The number of hydrogen-bond acceptors (Lipinski definition) is 4. The molecule has 5 nitrogen and oxygen atoms in total. The summed E-state index contributed by atoms with van der Waals surface area (Å²) < 4.78 is 26.7. The Balaban J connectivity index is 2.71. The van der Waals surface area contributed by atoms with Crippen LogP contribution in [-0.2, 0) is 10.0 Å². The first-order valence-corrected chi connectivity index (χ1v) is 8.04. The van der Waals surface area contributed by atoms with E-state index >= 15 is 0 Å². The zero-order valence-corrected chi connectivity index (χ0v) is 12.8. The molecule has 0 aromatic carbocycles. The SMILES string of the molecule is CCNc1ccc(S(=O)(=O)NCC(C)C(C)C)cn1. The second-order valence-corrected chi connectivity index (χ2v) is 6.75. The zero-order valence-electron chi connectivity index (χ0n) is 12.0. The lowest BCUT2D eigenvalue weighted by Gasteiger charge is -2.16. The normalized spacial score (nSPS) is 13.5. The number of sulfonamides is 1. The predicted molar refractivity (Wildman–Crippen MR) is 77.6 cm³/mol. The van der Waals surface area contributed by atoms with Gasteiger partial charge in [0.15, 0.2) is 0 Å². The van der Waals surface area contributed by atoms with E-state index in [9.17, 15) is 8.42 Å². The standard InChI is InChI=1S/C13H23N3O2S/c1-5-14-13-7-6-12(9-15-13)19(17,18)16-8-11(4)10(2)3/h6-7,9-11,16H,5,8H2,1-4H3,(H,14,15). The summed E-state index contributed by atoms with van der Waals surface area (Å²) in [5.41, 5.74) is 0. The first-order valence-electron chi connectivity index (χ1n) is 6.56. The van der Waals surface area contributed by atoms with Gasteiger partial charge in [-0.2, -0.15) is 0 Å². The molecule has 1 heterocycles. The average molecular weight is 285 g/mol. The highest BCUT2D eigenvalue weighted by Crippen LogP contribution is 2.13. The van der Waals surface area contributed by atoms with Crippen LogP contribution in [0.1, 0.15) is 27.7 Å². The third-order valence-corrected chi connectivity index (χ3v) is 4.55. The molecule has 0 bridgehead atoms. The molecule has 1 aromatic heterocycles. The highest BCUT2D eigenvalue weighted by molar-refractivity contribution is 7.89. The van der Waals surface area contributed by atoms with Crippen LogP contribution in [0.3, 0.4) is 0 Å². The molecule has 19 heavy (non-hydrogen) atoms. The molecular weight excluding hydrogens is 262 g/mol. The van der Waals surface area contributed by atoms with Gasteiger partial charge < -0.3 is 5.32 Å².